The van der Waals surface area contributed by atoms with E-state index in [4.69, 9.17) is 16.7 Å². The number of hydrogen-bond donors (Lipinski definition) is 1. The fraction of sp³-hybridized carbons (Fsp3) is 0.231. The van der Waals surface area contributed by atoms with Gasteiger partial charge >= 0.3 is 5.97 Å². The molecule has 0 aliphatic rings. The van der Waals surface area contributed by atoms with Gasteiger partial charge < -0.3 is 5.11 Å². The maximum atomic E-state index is 12.2. The van der Waals surface area contributed by atoms with Crippen LogP contribution in [0.25, 0.3) is 0 Å². The summed E-state index contributed by atoms with van der Waals surface area (Å²) in [5.74, 6) is -0.715. The topological polar surface area (TPSA) is 72.2 Å². The third-order valence-corrected chi connectivity index (χ3v) is 4.45. The number of halogens is 1. The van der Waals surface area contributed by atoms with E-state index in [1.165, 1.54) is 12.1 Å². The molecule has 5 nitrogen and oxygen atoms in total. The van der Waals surface area contributed by atoms with Crippen molar-refractivity contribution < 1.29 is 14.1 Å². The number of aromatic carboxylic acids is 1. The standard InChI is InChI=1S/C13H13ClN2O3S/c1-16-8-9(7-15-16)4-5-20(19)10-2-3-12(14)11(6-10)13(17)18/h2-3,6-8H,4-5H2,1H3,(H,17,18). The summed E-state index contributed by atoms with van der Waals surface area (Å²) in [6.07, 6.45) is 4.20. The molecule has 2 rings (SSSR count). The average Bonchev–Trinajstić information content (AvgIpc) is 2.82. The molecule has 1 aromatic carbocycles. The van der Waals surface area contributed by atoms with Gasteiger partial charge in [0.2, 0.25) is 0 Å². The zero-order valence-corrected chi connectivity index (χ0v) is 12.3. The maximum Gasteiger partial charge on any atom is 0.337 e. The number of benzene rings is 1. The molecule has 0 radical (unpaired) electrons. The van der Waals surface area contributed by atoms with Gasteiger partial charge in [-0.15, -0.1) is 0 Å². The average molecular weight is 313 g/mol. The molecule has 1 atom stereocenters. The lowest BCUT2D eigenvalue weighted by atomic mass is 10.2. The van der Waals surface area contributed by atoms with Crippen molar-refractivity contribution in [3.8, 4) is 0 Å². The smallest absolute Gasteiger partial charge is 0.337 e. The number of nitrogens with zero attached hydrogens (tertiary/aromatic N) is 2. The number of carboxylic acids is 1. The van der Waals surface area contributed by atoms with E-state index in [2.05, 4.69) is 5.10 Å². The number of carboxylic acid groups (broad SMARTS) is 1. The van der Waals surface area contributed by atoms with E-state index in [1.54, 1.807) is 16.9 Å². The van der Waals surface area contributed by atoms with Crippen LogP contribution in [0, 0.1) is 0 Å². The van der Waals surface area contributed by atoms with Crippen molar-refractivity contribution >= 4 is 28.4 Å². The second kappa shape index (κ2) is 6.19. The van der Waals surface area contributed by atoms with E-state index < -0.39 is 16.8 Å². The first kappa shape index (κ1) is 14.7. The summed E-state index contributed by atoms with van der Waals surface area (Å²) < 4.78 is 13.8. The van der Waals surface area contributed by atoms with Crippen LogP contribution in [0.15, 0.2) is 35.5 Å². The quantitative estimate of drug-likeness (QED) is 0.918. The number of carbonyl (C=O) groups is 1. The second-order valence-electron chi connectivity index (χ2n) is 4.27. The molecular weight excluding hydrogens is 300 g/mol. The van der Waals surface area contributed by atoms with Crippen molar-refractivity contribution in [2.24, 2.45) is 7.05 Å². The molecule has 0 saturated heterocycles. The highest BCUT2D eigenvalue weighted by Gasteiger charge is 2.12. The van der Waals surface area contributed by atoms with Crippen LogP contribution in [-0.4, -0.2) is 30.8 Å². The molecule has 0 saturated carbocycles. The number of rotatable bonds is 5. The Balaban J connectivity index is 2.09. The van der Waals surface area contributed by atoms with E-state index in [9.17, 15) is 9.00 Å². The molecule has 1 heterocycles. The third kappa shape index (κ3) is 3.46. The van der Waals surface area contributed by atoms with Gasteiger partial charge in [-0.3, -0.25) is 8.89 Å². The molecule has 1 N–H and O–H groups in total. The molecule has 2 aromatic rings. The van der Waals surface area contributed by atoms with Crippen LogP contribution in [0.1, 0.15) is 15.9 Å². The first-order valence-corrected chi connectivity index (χ1v) is 7.56. The summed E-state index contributed by atoms with van der Waals surface area (Å²) >= 11 is 5.78. The normalized spacial score (nSPS) is 12.3. The van der Waals surface area contributed by atoms with Crippen LogP contribution in [0.3, 0.4) is 0 Å². The minimum Gasteiger partial charge on any atom is -0.478 e. The Morgan fingerprint density at radius 1 is 1.50 bits per heavy atom. The van der Waals surface area contributed by atoms with Crippen LogP contribution in [-0.2, 0) is 24.3 Å². The number of aryl methyl sites for hydroxylation is 2. The highest BCUT2D eigenvalue weighted by Crippen LogP contribution is 2.20. The molecule has 0 aliphatic carbocycles. The first-order valence-electron chi connectivity index (χ1n) is 5.86. The van der Waals surface area contributed by atoms with Crippen molar-refractivity contribution in [2.45, 2.75) is 11.3 Å². The van der Waals surface area contributed by atoms with E-state index in [-0.39, 0.29) is 10.6 Å². The summed E-state index contributed by atoms with van der Waals surface area (Å²) in [7, 11) is 0.550. The summed E-state index contributed by atoms with van der Waals surface area (Å²) in [5, 5.41) is 13.2. The van der Waals surface area contributed by atoms with Crippen LogP contribution in [0.5, 0.6) is 0 Å². The van der Waals surface area contributed by atoms with Crippen molar-refractivity contribution in [3.63, 3.8) is 0 Å². The highest BCUT2D eigenvalue weighted by molar-refractivity contribution is 7.85. The molecular formula is C13H13ClN2O3S. The van der Waals surface area contributed by atoms with Gasteiger partial charge in [0.05, 0.1) is 27.6 Å². The Hall–Kier alpha value is -1.66. The van der Waals surface area contributed by atoms with Crippen LogP contribution in [0.4, 0.5) is 0 Å². The van der Waals surface area contributed by atoms with Gasteiger partial charge in [-0.2, -0.15) is 5.10 Å². The molecule has 0 bridgehead atoms. The van der Waals surface area contributed by atoms with Gasteiger partial charge in [0, 0.05) is 23.9 Å². The maximum absolute atomic E-state index is 12.2. The van der Waals surface area contributed by atoms with Crippen molar-refractivity contribution in [1.29, 1.82) is 0 Å². The molecule has 1 aromatic heterocycles. The lowest BCUT2D eigenvalue weighted by Crippen LogP contribution is -2.04. The van der Waals surface area contributed by atoms with Gasteiger partial charge in [0.1, 0.15) is 0 Å². The molecule has 0 amide bonds. The number of aromatic nitrogens is 2. The molecule has 0 spiro atoms. The van der Waals surface area contributed by atoms with E-state index in [0.29, 0.717) is 17.1 Å². The van der Waals surface area contributed by atoms with Crippen LogP contribution in [0.2, 0.25) is 5.02 Å². The monoisotopic (exact) mass is 312 g/mol. The van der Waals surface area contributed by atoms with Gasteiger partial charge in [-0.05, 0) is 30.2 Å². The van der Waals surface area contributed by atoms with Crippen LogP contribution < -0.4 is 0 Å². The Bertz CT molecular complexity index is 669. The lowest BCUT2D eigenvalue weighted by molar-refractivity contribution is 0.0697. The minimum absolute atomic E-state index is 0.0288. The minimum atomic E-state index is -1.27. The first-order chi connectivity index (χ1) is 9.47. The van der Waals surface area contributed by atoms with Gasteiger partial charge in [0.15, 0.2) is 0 Å². The summed E-state index contributed by atoms with van der Waals surface area (Å²) in [4.78, 5) is 11.5. The second-order valence-corrected chi connectivity index (χ2v) is 6.25. The largest absolute Gasteiger partial charge is 0.478 e. The van der Waals surface area contributed by atoms with Crippen molar-refractivity contribution in [2.75, 3.05) is 5.75 Å². The molecule has 0 fully saturated rings. The van der Waals surface area contributed by atoms with Crippen LogP contribution >= 0.6 is 11.6 Å². The van der Waals surface area contributed by atoms with Crippen molar-refractivity contribution in [3.05, 3.63) is 46.7 Å². The molecule has 0 aliphatic heterocycles. The molecule has 7 heteroatoms. The summed E-state index contributed by atoms with van der Waals surface area (Å²) in [6, 6.07) is 4.42. The zero-order chi connectivity index (χ0) is 14.7. The fourth-order valence-electron chi connectivity index (χ4n) is 1.74. The lowest BCUT2D eigenvalue weighted by Gasteiger charge is -2.04. The molecule has 20 heavy (non-hydrogen) atoms. The predicted molar refractivity (Wildman–Crippen MR) is 76.6 cm³/mol. The van der Waals surface area contributed by atoms with E-state index in [1.807, 2.05) is 13.2 Å². The van der Waals surface area contributed by atoms with E-state index >= 15 is 0 Å². The third-order valence-electron chi connectivity index (χ3n) is 2.77. The fourth-order valence-corrected chi connectivity index (χ4v) is 3.06. The predicted octanol–water partition coefficient (Wildman–Crippen LogP) is 2.12. The Kier molecular flexibility index (Phi) is 4.57. The Morgan fingerprint density at radius 3 is 2.85 bits per heavy atom. The Morgan fingerprint density at radius 2 is 2.25 bits per heavy atom. The van der Waals surface area contributed by atoms with Gasteiger partial charge in [-0.1, -0.05) is 11.6 Å². The zero-order valence-electron chi connectivity index (χ0n) is 10.7. The summed E-state index contributed by atoms with van der Waals surface area (Å²) in [5.41, 5.74) is 0.965. The van der Waals surface area contributed by atoms with Gasteiger partial charge in [-0.25, -0.2) is 4.79 Å². The van der Waals surface area contributed by atoms with E-state index in [0.717, 1.165) is 5.56 Å². The summed E-state index contributed by atoms with van der Waals surface area (Å²) in [6.45, 7) is 0. The molecule has 106 valence electrons. The molecule has 1 unspecified atom stereocenters. The SMILES string of the molecule is Cn1cc(CCS(=O)c2ccc(Cl)c(C(=O)O)c2)cn1. The van der Waals surface area contributed by atoms with Crippen molar-refractivity contribution in [1.82, 2.24) is 9.78 Å². The highest BCUT2D eigenvalue weighted by atomic mass is 35.5. The van der Waals surface area contributed by atoms with Gasteiger partial charge in [0.25, 0.3) is 0 Å². The Labute approximate surface area is 123 Å². The number of hydrogen-bond acceptors (Lipinski definition) is 3.